The highest BCUT2D eigenvalue weighted by atomic mass is 19.1. The Morgan fingerprint density at radius 3 is 2.59 bits per heavy atom. The van der Waals surface area contributed by atoms with Crippen LogP contribution in [0, 0.1) is 5.82 Å². The van der Waals surface area contributed by atoms with E-state index in [-0.39, 0.29) is 11.7 Å². The number of benzene rings is 1. The quantitative estimate of drug-likeness (QED) is 0.822. The van der Waals surface area contributed by atoms with Crippen LogP contribution in [0.3, 0.4) is 0 Å². The van der Waals surface area contributed by atoms with Crippen molar-refractivity contribution in [1.82, 2.24) is 5.32 Å². The molecule has 96 valence electrons. The van der Waals surface area contributed by atoms with Gasteiger partial charge in [0, 0.05) is 6.04 Å². The second kappa shape index (κ2) is 6.60. The summed E-state index contributed by atoms with van der Waals surface area (Å²) in [6, 6.07) is 5.17. The first kappa shape index (κ1) is 14.0. The van der Waals surface area contributed by atoms with Crippen LogP contribution in [0.2, 0.25) is 0 Å². The van der Waals surface area contributed by atoms with Crippen molar-refractivity contribution in [2.75, 3.05) is 13.7 Å². The second-order valence-corrected chi connectivity index (χ2v) is 4.68. The highest BCUT2D eigenvalue weighted by molar-refractivity contribution is 5.36. The number of halogens is 1. The average molecular weight is 239 g/mol. The lowest BCUT2D eigenvalue weighted by atomic mass is 9.96. The van der Waals surface area contributed by atoms with Gasteiger partial charge in [-0.05, 0) is 42.6 Å². The van der Waals surface area contributed by atoms with Crippen molar-refractivity contribution in [3.8, 4) is 5.75 Å². The third-order valence-electron chi connectivity index (χ3n) is 2.85. The molecule has 0 aliphatic rings. The number of hydrogen-bond donors (Lipinski definition) is 1. The molecule has 0 spiro atoms. The summed E-state index contributed by atoms with van der Waals surface area (Å²) in [6.07, 6.45) is 0.970. The van der Waals surface area contributed by atoms with Gasteiger partial charge >= 0.3 is 0 Å². The SMILES string of the molecule is COc1ccc(F)cc1C(C)CCNC(C)C. The standard InChI is InChI=1S/C14H22FNO/c1-10(2)16-8-7-11(3)13-9-12(15)5-6-14(13)17-4/h5-6,9-11,16H,7-8H2,1-4H3. The third kappa shape index (κ3) is 4.35. The van der Waals surface area contributed by atoms with Gasteiger partial charge in [-0.3, -0.25) is 0 Å². The minimum absolute atomic E-state index is 0.204. The minimum Gasteiger partial charge on any atom is -0.496 e. The first-order valence-electron chi connectivity index (χ1n) is 6.11. The van der Waals surface area contributed by atoms with Crippen molar-refractivity contribution in [3.63, 3.8) is 0 Å². The van der Waals surface area contributed by atoms with E-state index in [2.05, 4.69) is 26.1 Å². The summed E-state index contributed by atoms with van der Waals surface area (Å²) in [6.45, 7) is 7.26. The fourth-order valence-electron chi connectivity index (χ4n) is 1.83. The molecule has 0 aliphatic carbocycles. The number of nitrogens with one attached hydrogen (secondary N) is 1. The van der Waals surface area contributed by atoms with E-state index in [4.69, 9.17) is 4.74 Å². The number of hydrogen-bond acceptors (Lipinski definition) is 2. The lowest BCUT2D eigenvalue weighted by molar-refractivity contribution is 0.402. The van der Waals surface area contributed by atoms with Gasteiger partial charge < -0.3 is 10.1 Å². The van der Waals surface area contributed by atoms with Crippen LogP contribution in [0.25, 0.3) is 0 Å². The Balaban J connectivity index is 2.66. The van der Waals surface area contributed by atoms with Crippen LogP contribution >= 0.6 is 0 Å². The van der Waals surface area contributed by atoms with Crippen LogP contribution < -0.4 is 10.1 Å². The molecule has 2 nitrogen and oxygen atoms in total. The van der Waals surface area contributed by atoms with Crippen molar-refractivity contribution < 1.29 is 9.13 Å². The minimum atomic E-state index is -0.204. The Kier molecular flexibility index (Phi) is 5.42. The van der Waals surface area contributed by atoms with Gasteiger partial charge in [-0.25, -0.2) is 4.39 Å². The Morgan fingerprint density at radius 2 is 2.00 bits per heavy atom. The zero-order valence-electron chi connectivity index (χ0n) is 11.1. The van der Waals surface area contributed by atoms with E-state index in [9.17, 15) is 4.39 Å². The molecule has 0 aromatic heterocycles. The summed E-state index contributed by atoms with van der Waals surface area (Å²) >= 11 is 0. The van der Waals surface area contributed by atoms with Gasteiger partial charge in [-0.1, -0.05) is 20.8 Å². The number of ether oxygens (including phenoxy) is 1. The van der Waals surface area contributed by atoms with Gasteiger partial charge in [0.05, 0.1) is 7.11 Å². The van der Waals surface area contributed by atoms with Crippen molar-refractivity contribution in [3.05, 3.63) is 29.6 Å². The van der Waals surface area contributed by atoms with Crippen molar-refractivity contribution in [2.24, 2.45) is 0 Å². The van der Waals surface area contributed by atoms with Crippen LogP contribution in [-0.2, 0) is 0 Å². The third-order valence-corrected chi connectivity index (χ3v) is 2.85. The molecule has 1 aromatic rings. The topological polar surface area (TPSA) is 21.3 Å². The van der Waals surface area contributed by atoms with Gasteiger partial charge in [-0.15, -0.1) is 0 Å². The summed E-state index contributed by atoms with van der Waals surface area (Å²) in [5.74, 6) is 0.847. The molecule has 1 aromatic carbocycles. The Bertz CT molecular complexity index is 352. The van der Waals surface area contributed by atoms with E-state index in [1.54, 1.807) is 19.2 Å². The summed E-state index contributed by atoms with van der Waals surface area (Å²) < 4.78 is 18.5. The average Bonchev–Trinajstić information content (AvgIpc) is 2.28. The van der Waals surface area contributed by atoms with Gasteiger partial charge in [0.25, 0.3) is 0 Å². The van der Waals surface area contributed by atoms with E-state index in [0.29, 0.717) is 6.04 Å². The molecule has 0 saturated carbocycles. The summed E-state index contributed by atoms with van der Waals surface area (Å²) in [7, 11) is 1.62. The summed E-state index contributed by atoms with van der Waals surface area (Å²) in [5, 5.41) is 3.36. The smallest absolute Gasteiger partial charge is 0.123 e. The molecule has 0 bridgehead atoms. The lowest BCUT2D eigenvalue weighted by Gasteiger charge is -2.17. The zero-order chi connectivity index (χ0) is 12.8. The predicted octanol–water partition coefficient (Wildman–Crippen LogP) is 3.33. The normalized spacial score (nSPS) is 12.8. The Morgan fingerprint density at radius 1 is 1.29 bits per heavy atom. The molecule has 17 heavy (non-hydrogen) atoms. The first-order valence-corrected chi connectivity index (χ1v) is 6.11. The van der Waals surface area contributed by atoms with Crippen LogP contribution in [0.4, 0.5) is 4.39 Å². The summed E-state index contributed by atoms with van der Waals surface area (Å²) in [4.78, 5) is 0. The fraction of sp³-hybridized carbons (Fsp3) is 0.571. The van der Waals surface area contributed by atoms with Crippen LogP contribution in [0.5, 0.6) is 5.75 Å². The molecular formula is C14H22FNO. The molecule has 0 fully saturated rings. The van der Waals surface area contributed by atoms with E-state index in [1.807, 2.05) is 0 Å². The fourth-order valence-corrected chi connectivity index (χ4v) is 1.83. The first-order chi connectivity index (χ1) is 8.04. The van der Waals surface area contributed by atoms with Crippen LogP contribution in [0.15, 0.2) is 18.2 Å². The lowest BCUT2D eigenvalue weighted by Crippen LogP contribution is -2.24. The van der Waals surface area contributed by atoms with Crippen molar-refractivity contribution >= 4 is 0 Å². The molecular weight excluding hydrogens is 217 g/mol. The zero-order valence-corrected chi connectivity index (χ0v) is 11.1. The number of methoxy groups -OCH3 is 1. The van der Waals surface area contributed by atoms with Crippen LogP contribution in [-0.4, -0.2) is 19.7 Å². The van der Waals surface area contributed by atoms with E-state index < -0.39 is 0 Å². The molecule has 3 heteroatoms. The van der Waals surface area contributed by atoms with E-state index >= 15 is 0 Å². The maximum absolute atomic E-state index is 13.2. The van der Waals surface area contributed by atoms with Crippen LogP contribution in [0.1, 0.15) is 38.7 Å². The van der Waals surface area contributed by atoms with Gasteiger partial charge in [-0.2, -0.15) is 0 Å². The van der Waals surface area contributed by atoms with Gasteiger partial charge in [0.15, 0.2) is 0 Å². The maximum atomic E-state index is 13.2. The van der Waals surface area contributed by atoms with E-state index in [1.165, 1.54) is 6.07 Å². The summed E-state index contributed by atoms with van der Waals surface area (Å²) in [5.41, 5.74) is 0.943. The monoisotopic (exact) mass is 239 g/mol. The highest BCUT2D eigenvalue weighted by Gasteiger charge is 2.12. The van der Waals surface area contributed by atoms with Gasteiger partial charge in [0.1, 0.15) is 11.6 Å². The molecule has 0 amide bonds. The molecule has 1 N–H and O–H groups in total. The molecule has 0 radical (unpaired) electrons. The molecule has 1 unspecified atom stereocenters. The van der Waals surface area contributed by atoms with Gasteiger partial charge in [0.2, 0.25) is 0 Å². The number of rotatable bonds is 6. The molecule has 1 atom stereocenters. The molecule has 0 heterocycles. The van der Waals surface area contributed by atoms with Crippen molar-refractivity contribution in [1.29, 1.82) is 0 Å². The van der Waals surface area contributed by atoms with E-state index in [0.717, 1.165) is 24.3 Å². The second-order valence-electron chi connectivity index (χ2n) is 4.68. The Labute approximate surface area is 103 Å². The molecule has 0 saturated heterocycles. The molecule has 1 rings (SSSR count). The predicted molar refractivity (Wildman–Crippen MR) is 69.1 cm³/mol. The largest absolute Gasteiger partial charge is 0.496 e. The van der Waals surface area contributed by atoms with Crippen molar-refractivity contribution in [2.45, 2.75) is 39.2 Å². The highest BCUT2D eigenvalue weighted by Crippen LogP contribution is 2.29. The molecule has 0 aliphatic heterocycles. The Hall–Kier alpha value is -1.09. The maximum Gasteiger partial charge on any atom is 0.123 e.